The number of benzene rings is 1. The van der Waals surface area contributed by atoms with E-state index in [1.54, 1.807) is 11.6 Å². The van der Waals surface area contributed by atoms with Gasteiger partial charge >= 0.3 is 0 Å². The first-order valence-corrected chi connectivity index (χ1v) is 8.17. The molecule has 2 aromatic rings. The molecular formula is C11H10BrClN2O2S. The van der Waals surface area contributed by atoms with Crippen molar-refractivity contribution in [3.8, 4) is 5.69 Å². The Morgan fingerprint density at radius 2 is 2.00 bits per heavy atom. The highest BCUT2D eigenvalue weighted by atomic mass is 79.9. The van der Waals surface area contributed by atoms with Gasteiger partial charge in [-0.05, 0) is 37.6 Å². The molecule has 7 heteroatoms. The maximum Gasteiger partial charge on any atom is 0.264 e. The monoisotopic (exact) mass is 348 g/mol. The molecule has 1 heterocycles. The Morgan fingerprint density at radius 1 is 1.33 bits per heavy atom. The van der Waals surface area contributed by atoms with E-state index in [-0.39, 0.29) is 4.90 Å². The molecule has 0 atom stereocenters. The summed E-state index contributed by atoms with van der Waals surface area (Å²) in [6, 6.07) is 5.67. The van der Waals surface area contributed by atoms with Crippen LogP contribution in [0.5, 0.6) is 0 Å². The Labute approximate surface area is 118 Å². The number of hydrogen-bond donors (Lipinski definition) is 0. The van der Waals surface area contributed by atoms with Crippen molar-refractivity contribution in [2.45, 2.75) is 18.7 Å². The minimum absolute atomic E-state index is 0.0338. The van der Waals surface area contributed by atoms with Crippen molar-refractivity contribution in [1.29, 1.82) is 0 Å². The Morgan fingerprint density at radius 3 is 2.50 bits per heavy atom. The van der Waals surface area contributed by atoms with Gasteiger partial charge in [-0.25, -0.2) is 13.1 Å². The molecule has 0 fully saturated rings. The third-order valence-corrected chi connectivity index (χ3v) is 4.53. The highest BCUT2D eigenvalue weighted by molar-refractivity contribution is 9.10. The van der Waals surface area contributed by atoms with Gasteiger partial charge in [0.2, 0.25) is 0 Å². The zero-order valence-electron chi connectivity index (χ0n) is 9.68. The quantitative estimate of drug-likeness (QED) is 0.783. The van der Waals surface area contributed by atoms with E-state index in [9.17, 15) is 8.42 Å². The summed E-state index contributed by atoms with van der Waals surface area (Å²) in [6.07, 6.45) is 1.26. The summed E-state index contributed by atoms with van der Waals surface area (Å²) < 4.78 is 25.2. The smallest absolute Gasteiger partial charge is 0.236 e. The summed E-state index contributed by atoms with van der Waals surface area (Å²) in [5.74, 6) is 0. The topological polar surface area (TPSA) is 52.0 Å². The van der Waals surface area contributed by atoms with Crippen LogP contribution in [0.1, 0.15) is 11.3 Å². The number of nitrogens with zero attached hydrogens (tertiary/aromatic N) is 2. The van der Waals surface area contributed by atoms with E-state index < -0.39 is 9.05 Å². The molecule has 96 valence electrons. The molecule has 0 N–H and O–H groups in total. The Bertz CT molecular complexity index is 710. The summed E-state index contributed by atoms with van der Waals surface area (Å²) in [4.78, 5) is 0.0338. The van der Waals surface area contributed by atoms with Crippen LogP contribution in [0.4, 0.5) is 0 Å². The van der Waals surface area contributed by atoms with Crippen LogP contribution in [0.3, 0.4) is 0 Å². The van der Waals surface area contributed by atoms with Gasteiger partial charge in [0.15, 0.2) is 0 Å². The van der Waals surface area contributed by atoms with E-state index in [0.29, 0.717) is 5.69 Å². The Balaban J connectivity index is 2.63. The maximum atomic E-state index is 11.3. The Hall–Kier alpha value is -0.850. The fourth-order valence-electron chi connectivity index (χ4n) is 1.73. The highest BCUT2D eigenvalue weighted by Crippen LogP contribution is 2.24. The zero-order chi connectivity index (χ0) is 13.5. The number of rotatable bonds is 2. The van der Waals surface area contributed by atoms with Gasteiger partial charge in [0.05, 0.1) is 17.6 Å². The van der Waals surface area contributed by atoms with Crippen molar-refractivity contribution in [1.82, 2.24) is 9.78 Å². The van der Waals surface area contributed by atoms with E-state index in [4.69, 9.17) is 10.7 Å². The first kappa shape index (κ1) is 13.6. The fourth-order valence-corrected chi connectivity index (χ4v) is 3.28. The van der Waals surface area contributed by atoms with Crippen molar-refractivity contribution >= 4 is 35.7 Å². The van der Waals surface area contributed by atoms with Gasteiger partial charge < -0.3 is 0 Å². The third kappa shape index (κ3) is 2.46. The van der Waals surface area contributed by atoms with Crippen molar-refractivity contribution < 1.29 is 8.42 Å². The fraction of sp³-hybridized carbons (Fsp3) is 0.182. The zero-order valence-corrected chi connectivity index (χ0v) is 12.8. The van der Waals surface area contributed by atoms with E-state index in [2.05, 4.69) is 21.0 Å². The normalized spacial score (nSPS) is 11.8. The predicted molar refractivity (Wildman–Crippen MR) is 73.8 cm³/mol. The summed E-state index contributed by atoms with van der Waals surface area (Å²) in [7, 11) is 1.58. The van der Waals surface area contributed by atoms with Crippen molar-refractivity contribution in [3.63, 3.8) is 0 Å². The van der Waals surface area contributed by atoms with E-state index in [1.165, 1.54) is 6.20 Å². The molecule has 0 radical (unpaired) electrons. The number of aryl methyl sites for hydroxylation is 1. The SMILES string of the molecule is Cc1cc(Br)ccc1-n1ncc(S(=O)(=O)Cl)c1C. The molecule has 0 saturated heterocycles. The number of hydrogen-bond acceptors (Lipinski definition) is 3. The summed E-state index contributed by atoms with van der Waals surface area (Å²) in [5.41, 5.74) is 2.30. The largest absolute Gasteiger partial charge is 0.264 e. The van der Waals surface area contributed by atoms with Gasteiger partial charge in [-0.2, -0.15) is 5.10 Å². The molecule has 4 nitrogen and oxygen atoms in total. The van der Waals surface area contributed by atoms with E-state index in [1.807, 2.05) is 25.1 Å². The molecule has 0 aliphatic carbocycles. The van der Waals surface area contributed by atoms with Gasteiger partial charge in [0, 0.05) is 15.2 Å². The molecule has 0 amide bonds. The van der Waals surface area contributed by atoms with Crippen molar-refractivity contribution in [2.24, 2.45) is 0 Å². The number of halogens is 2. The van der Waals surface area contributed by atoms with Crippen molar-refractivity contribution in [2.75, 3.05) is 0 Å². The average Bonchev–Trinajstić information content (AvgIpc) is 2.60. The van der Waals surface area contributed by atoms with Gasteiger partial charge in [-0.1, -0.05) is 15.9 Å². The standard InChI is InChI=1S/C11H10BrClN2O2S/c1-7-5-9(12)3-4-10(7)15-8(2)11(6-14-15)18(13,16)17/h3-6H,1-2H3. The molecule has 0 spiro atoms. The van der Waals surface area contributed by atoms with Crippen LogP contribution in [-0.4, -0.2) is 18.2 Å². The van der Waals surface area contributed by atoms with Crippen LogP contribution < -0.4 is 0 Å². The van der Waals surface area contributed by atoms with E-state index >= 15 is 0 Å². The summed E-state index contributed by atoms with van der Waals surface area (Å²) in [6.45, 7) is 3.60. The van der Waals surface area contributed by atoms with Crippen LogP contribution in [0, 0.1) is 13.8 Å². The van der Waals surface area contributed by atoms with Gasteiger partial charge in [0.25, 0.3) is 9.05 Å². The van der Waals surface area contributed by atoms with Crippen LogP contribution in [0.2, 0.25) is 0 Å². The summed E-state index contributed by atoms with van der Waals surface area (Å²) >= 11 is 3.38. The second kappa shape index (κ2) is 4.68. The van der Waals surface area contributed by atoms with Crippen LogP contribution in [0.25, 0.3) is 5.69 Å². The van der Waals surface area contributed by atoms with Crippen LogP contribution in [0.15, 0.2) is 33.8 Å². The molecule has 2 rings (SSSR count). The molecule has 0 unspecified atom stereocenters. The highest BCUT2D eigenvalue weighted by Gasteiger charge is 2.19. The van der Waals surface area contributed by atoms with Crippen molar-refractivity contribution in [3.05, 3.63) is 40.1 Å². The van der Waals surface area contributed by atoms with Gasteiger partial charge in [-0.3, -0.25) is 0 Å². The second-order valence-electron chi connectivity index (χ2n) is 3.87. The van der Waals surface area contributed by atoms with Gasteiger partial charge in [0.1, 0.15) is 4.90 Å². The summed E-state index contributed by atoms with van der Waals surface area (Å²) in [5, 5.41) is 4.08. The lowest BCUT2D eigenvalue weighted by Gasteiger charge is -2.08. The van der Waals surface area contributed by atoms with E-state index in [0.717, 1.165) is 15.7 Å². The first-order chi connectivity index (χ1) is 8.30. The lowest BCUT2D eigenvalue weighted by molar-refractivity contribution is 0.609. The molecule has 0 bridgehead atoms. The molecule has 1 aromatic heterocycles. The molecule has 0 aliphatic heterocycles. The minimum atomic E-state index is -3.76. The van der Waals surface area contributed by atoms with Gasteiger partial charge in [-0.15, -0.1) is 0 Å². The molecular weight excluding hydrogens is 340 g/mol. The molecule has 18 heavy (non-hydrogen) atoms. The first-order valence-electron chi connectivity index (χ1n) is 5.06. The average molecular weight is 350 g/mol. The lowest BCUT2D eigenvalue weighted by Crippen LogP contribution is -2.02. The lowest BCUT2D eigenvalue weighted by atomic mass is 10.2. The minimum Gasteiger partial charge on any atom is -0.236 e. The molecule has 0 saturated carbocycles. The molecule has 0 aliphatic rings. The second-order valence-corrected chi connectivity index (χ2v) is 7.32. The number of aromatic nitrogens is 2. The third-order valence-electron chi connectivity index (χ3n) is 2.61. The van der Waals surface area contributed by atoms with Crippen LogP contribution in [-0.2, 0) is 9.05 Å². The Kier molecular flexibility index (Phi) is 3.53. The van der Waals surface area contributed by atoms with Crippen LogP contribution >= 0.6 is 26.6 Å². The maximum absolute atomic E-state index is 11.3. The predicted octanol–water partition coefficient (Wildman–Crippen LogP) is 3.18. The molecule has 1 aromatic carbocycles.